The highest BCUT2D eigenvalue weighted by molar-refractivity contribution is 14.0. The first-order valence-corrected chi connectivity index (χ1v) is 10.0. The van der Waals surface area contributed by atoms with E-state index in [0.29, 0.717) is 37.3 Å². The van der Waals surface area contributed by atoms with E-state index in [-0.39, 0.29) is 24.0 Å². The van der Waals surface area contributed by atoms with Crippen molar-refractivity contribution >= 4 is 35.8 Å². The number of hydrogen-bond acceptors (Lipinski definition) is 5. The number of guanidine groups is 1. The zero-order valence-corrected chi connectivity index (χ0v) is 20.3. The minimum atomic E-state index is -4.38. The number of alkyl halides is 3. The van der Waals surface area contributed by atoms with Gasteiger partial charge in [-0.25, -0.2) is 4.98 Å². The Morgan fingerprint density at radius 3 is 2.48 bits per heavy atom. The molecule has 0 unspecified atom stereocenters. The summed E-state index contributed by atoms with van der Waals surface area (Å²) in [5.41, 5.74) is 0.214. The molecule has 2 heterocycles. The molecular weight excluding hydrogens is 524 g/mol. The van der Waals surface area contributed by atoms with Crippen LogP contribution in [0.5, 0.6) is 0 Å². The molecule has 0 aromatic carbocycles. The van der Waals surface area contributed by atoms with E-state index in [1.165, 1.54) is 6.07 Å². The lowest BCUT2D eigenvalue weighted by Crippen LogP contribution is -2.37. The third-order valence-corrected chi connectivity index (χ3v) is 4.68. The molecule has 31 heavy (non-hydrogen) atoms. The predicted octanol–water partition coefficient (Wildman–Crippen LogP) is 4.78. The molecule has 2 aromatic heterocycles. The van der Waals surface area contributed by atoms with Crippen LogP contribution >= 0.6 is 24.0 Å². The third kappa shape index (κ3) is 8.91. The molecular formula is C20H30F3IN6O. The molecule has 0 spiro atoms. The van der Waals surface area contributed by atoms with E-state index >= 15 is 0 Å². The number of nitrogens with one attached hydrogen (secondary N) is 3. The Morgan fingerprint density at radius 2 is 1.90 bits per heavy atom. The van der Waals surface area contributed by atoms with Crippen LogP contribution < -0.4 is 16.0 Å². The highest BCUT2D eigenvalue weighted by atomic mass is 127. The van der Waals surface area contributed by atoms with Crippen molar-refractivity contribution in [3.63, 3.8) is 0 Å². The van der Waals surface area contributed by atoms with Gasteiger partial charge in [0.15, 0.2) is 11.7 Å². The van der Waals surface area contributed by atoms with E-state index in [1.54, 1.807) is 7.05 Å². The molecule has 174 valence electrons. The lowest BCUT2D eigenvalue weighted by Gasteiger charge is -2.11. The molecule has 2 rings (SSSR count). The van der Waals surface area contributed by atoms with Crippen LogP contribution in [0.3, 0.4) is 0 Å². The van der Waals surface area contributed by atoms with Crippen LogP contribution in [0, 0.1) is 0 Å². The number of rotatable bonds is 10. The van der Waals surface area contributed by atoms with Crippen LogP contribution in [0.4, 0.5) is 19.0 Å². The maximum atomic E-state index is 12.5. The van der Waals surface area contributed by atoms with Crippen molar-refractivity contribution in [3.8, 4) is 0 Å². The second kappa shape index (κ2) is 13.4. The first-order chi connectivity index (χ1) is 14.4. The van der Waals surface area contributed by atoms with Gasteiger partial charge in [0.2, 0.25) is 0 Å². The third-order valence-electron chi connectivity index (χ3n) is 4.68. The zero-order valence-electron chi connectivity index (χ0n) is 17.9. The normalized spacial score (nSPS) is 11.9. The topological polar surface area (TPSA) is 87.4 Å². The monoisotopic (exact) mass is 554 g/mol. The number of hydrogen-bond donors (Lipinski definition) is 3. The van der Waals surface area contributed by atoms with Gasteiger partial charge in [0.1, 0.15) is 5.82 Å². The Kier molecular flexibility index (Phi) is 11.6. The van der Waals surface area contributed by atoms with Crippen LogP contribution in [0.25, 0.3) is 0 Å². The first kappa shape index (κ1) is 27.0. The predicted molar refractivity (Wildman–Crippen MR) is 126 cm³/mol. The zero-order chi connectivity index (χ0) is 22.0. The molecule has 0 aliphatic heterocycles. The Bertz CT molecular complexity index is 791. The summed E-state index contributed by atoms with van der Waals surface area (Å²) in [7, 11) is 1.68. The Hall–Kier alpha value is -2.05. The van der Waals surface area contributed by atoms with Gasteiger partial charge < -0.3 is 20.5 Å². The molecule has 3 N–H and O–H groups in total. The second-order valence-corrected chi connectivity index (χ2v) is 6.79. The number of anilines is 1. The quantitative estimate of drug-likeness (QED) is 0.170. The van der Waals surface area contributed by atoms with Gasteiger partial charge in [0.25, 0.3) is 0 Å². The van der Waals surface area contributed by atoms with Crippen molar-refractivity contribution in [2.45, 2.75) is 51.7 Å². The number of pyridine rings is 1. The van der Waals surface area contributed by atoms with Crippen molar-refractivity contribution in [2.24, 2.45) is 4.99 Å². The molecule has 0 saturated heterocycles. The van der Waals surface area contributed by atoms with E-state index in [4.69, 9.17) is 4.52 Å². The standard InChI is InChI=1S/C20H29F3N6O.HI/c1-4-14(5-2)17-11-16(30-29-17)13-28-19(24-3)26-10-6-9-25-18-8-7-15(12-27-18)20(21,22)23;/h7-8,11-12,14H,4-6,9-10,13H2,1-3H3,(H,25,27)(H2,24,26,28);1H. The van der Waals surface area contributed by atoms with Gasteiger partial charge in [0, 0.05) is 38.3 Å². The van der Waals surface area contributed by atoms with Crippen molar-refractivity contribution in [1.82, 2.24) is 20.8 Å². The number of nitrogens with zero attached hydrogens (tertiary/aromatic N) is 3. The maximum Gasteiger partial charge on any atom is 0.417 e. The molecule has 0 amide bonds. The van der Waals surface area contributed by atoms with Gasteiger partial charge in [-0.2, -0.15) is 13.2 Å². The van der Waals surface area contributed by atoms with E-state index < -0.39 is 11.7 Å². The minimum Gasteiger partial charge on any atom is -0.370 e. The summed E-state index contributed by atoms with van der Waals surface area (Å²) in [5.74, 6) is 2.19. The van der Waals surface area contributed by atoms with Gasteiger partial charge in [-0.15, -0.1) is 24.0 Å². The number of aliphatic imine (C=N–C) groups is 1. The van der Waals surface area contributed by atoms with Crippen LogP contribution in [0.2, 0.25) is 0 Å². The van der Waals surface area contributed by atoms with E-state index in [2.05, 4.69) is 44.9 Å². The lowest BCUT2D eigenvalue weighted by atomic mass is 9.99. The molecule has 0 radical (unpaired) electrons. The summed E-state index contributed by atoms with van der Waals surface area (Å²) < 4.78 is 43.0. The van der Waals surface area contributed by atoms with E-state index in [0.717, 1.165) is 43.0 Å². The van der Waals surface area contributed by atoms with Crippen molar-refractivity contribution in [2.75, 3.05) is 25.5 Å². The van der Waals surface area contributed by atoms with Crippen LogP contribution in [0.1, 0.15) is 56.0 Å². The molecule has 0 aliphatic rings. The highest BCUT2D eigenvalue weighted by Crippen LogP contribution is 2.28. The first-order valence-electron chi connectivity index (χ1n) is 10.0. The molecule has 0 atom stereocenters. The number of aromatic nitrogens is 2. The fourth-order valence-electron chi connectivity index (χ4n) is 2.88. The fourth-order valence-corrected chi connectivity index (χ4v) is 2.88. The highest BCUT2D eigenvalue weighted by Gasteiger charge is 2.30. The molecule has 0 aliphatic carbocycles. The maximum absolute atomic E-state index is 12.5. The molecule has 0 bridgehead atoms. The van der Waals surface area contributed by atoms with Gasteiger partial charge in [0.05, 0.1) is 17.8 Å². The molecule has 0 fully saturated rings. The van der Waals surface area contributed by atoms with Gasteiger partial charge >= 0.3 is 6.18 Å². The molecule has 11 heteroatoms. The lowest BCUT2D eigenvalue weighted by molar-refractivity contribution is -0.137. The summed E-state index contributed by atoms with van der Waals surface area (Å²) in [6, 6.07) is 4.31. The fraction of sp³-hybridized carbons (Fsp3) is 0.550. The van der Waals surface area contributed by atoms with Gasteiger partial charge in [-0.3, -0.25) is 4.99 Å². The molecule has 2 aromatic rings. The van der Waals surface area contributed by atoms with Crippen LogP contribution in [-0.4, -0.2) is 36.2 Å². The van der Waals surface area contributed by atoms with Gasteiger partial charge in [-0.1, -0.05) is 19.0 Å². The Balaban J connectivity index is 0.00000480. The summed E-state index contributed by atoms with van der Waals surface area (Å²) in [6.45, 7) is 5.93. The van der Waals surface area contributed by atoms with Gasteiger partial charge in [-0.05, 0) is 31.4 Å². The van der Waals surface area contributed by atoms with Crippen molar-refractivity contribution in [3.05, 3.63) is 41.4 Å². The summed E-state index contributed by atoms with van der Waals surface area (Å²) in [4.78, 5) is 7.94. The SMILES string of the molecule is CCC(CC)c1cc(CNC(=NC)NCCCNc2ccc(C(F)(F)F)cn2)on1.I. The second-order valence-electron chi connectivity index (χ2n) is 6.79. The minimum absolute atomic E-state index is 0. The van der Waals surface area contributed by atoms with E-state index in [9.17, 15) is 13.2 Å². The Morgan fingerprint density at radius 1 is 1.16 bits per heavy atom. The largest absolute Gasteiger partial charge is 0.417 e. The van der Waals surface area contributed by atoms with Crippen molar-refractivity contribution in [1.29, 1.82) is 0 Å². The average molecular weight is 554 g/mol. The van der Waals surface area contributed by atoms with Crippen molar-refractivity contribution < 1.29 is 17.7 Å². The molecule has 0 saturated carbocycles. The smallest absolute Gasteiger partial charge is 0.370 e. The average Bonchev–Trinajstić information content (AvgIpc) is 3.19. The summed E-state index contributed by atoms with van der Waals surface area (Å²) in [5, 5.41) is 13.5. The molecule has 7 nitrogen and oxygen atoms in total. The van der Waals surface area contributed by atoms with Crippen LogP contribution in [-0.2, 0) is 12.7 Å². The summed E-state index contributed by atoms with van der Waals surface area (Å²) in [6.07, 6.45) is -0.779. The van der Waals surface area contributed by atoms with E-state index in [1.807, 2.05) is 6.07 Å². The number of halogens is 4. The Labute approximate surface area is 197 Å². The van der Waals surface area contributed by atoms with Crippen LogP contribution in [0.15, 0.2) is 33.9 Å². The summed E-state index contributed by atoms with van der Waals surface area (Å²) >= 11 is 0.